The molecule has 44 heavy (non-hydrogen) atoms. The zero-order chi connectivity index (χ0) is 32.5. The first kappa shape index (κ1) is 34.5. The Balaban J connectivity index is 1.67. The minimum absolute atomic E-state index is 0.0327. The van der Waals surface area contributed by atoms with Crippen molar-refractivity contribution in [1.29, 1.82) is 5.26 Å². The Morgan fingerprint density at radius 2 is 1.82 bits per heavy atom. The number of nitrogens with one attached hydrogen (secondary N) is 2. The van der Waals surface area contributed by atoms with Crippen molar-refractivity contribution in [1.82, 2.24) is 9.97 Å². The number of rotatable bonds is 8. The lowest BCUT2D eigenvalue weighted by atomic mass is 9.73. The Morgan fingerprint density at radius 3 is 2.43 bits per heavy atom. The first-order chi connectivity index (χ1) is 20.4. The standard InChI is InChI=1S/C30H42BClF3N5O3Si/c1-28(2,3)44(6,7)43-16-20-12-21(13-23(32)25(20)31-41-17-29(4,5)18-42-31)38-27-37-15-22(30(33,34)35)26(40-27)39-24-11-9-8-10-19(24)14-36/h12-13,15,19,24H,8-11,16-18H2,1-7H3,(H2,37,38,39,40)/t19-,24+/m0/s1. The number of hydrogen-bond acceptors (Lipinski definition) is 8. The van der Waals surface area contributed by atoms with Crippen LogP contribution >= 0.6 is 11.6 Å². The number of benzene rings is 1. The SMILES string of the molecule is CC1(C)COB(c2c(Cl)cc(Nc3ncc(C(F)(F)F)c(N[C@@H]4CCCC[C@H]4C#N)n3)cc2CO[Si](C)(C)C(C)(C)C)OC1. The minimum atomic E-state index is -4.68. The van der Waals surface area contributed by atoms with Crippen molar-refractivity contribution in [3.05, 3.63) is 34.5 Å². The van der Waals surface area contributed by atoms with E-state index in [0.717, 1.165) is 24.6 Å². The highest BCUT2D eigenvalue weighted by atomic mass is 35.5. The van der Waals surface area contributed by atoms with Crippen LogP contribution in [0.2, 0.25) is 23.2 Å². The summed E-state index contributed by atoms with van der Waals surface area (Å²) in [6, 6.07) is 5.26. The van der Waals surface area contributed by atoms with Gasteiger partial charge < -0.3 is 24.4 Å². The maximum atomic E-state index is 13.9. The first-order valence-corrected chi connectivity index (χ1v) is 18.3. The second kappa shape index (κ2) is 13.2. The van der Waals surface area contributed by atoms with Crippen molar-refractivity contribution in [2.24, 2.45) is 11.3 Å². The lowest BCUT2D eigenvalue weighted by Gasteiger charge is -2.37. The number of aromatic nitrogens is 2. The van der Waals surface area contributed by atoms with Crippen molar-refractivity contribution in [3.8, 4) is 6.07 Å². The molecule has 2 aromatic rings. The predicted octanol–water partition coefficient (Wildman–Crippen LogP) is 7.68. The quantitative estimate of drug-likeness (QED) is 0.281. The van der Waals surface area contributed by atoms with Gasteiger partial charge in [0, 0.05) is 47.0 Å². The molecular formula is C30H42BClF3N5O3Si. The third-order valence-corrected chi connectivity index (χ3v) is 13.5. The number of hydrogen-bond donors (Lipinski definition) is 2. The molecule has 2 fully saturated rings. The number of alkyl halides is 3. The summed E-state index contributed by atoms with van der Waals surface area (Å²) in [5.41, 5.74) is 0.734. The highest BCUT2D eigenvalue weighted by Gasteiger charge is 2.40. The summed E-state index contributed by atoms with van der Waals surface area (Å²) in [6.07, 6.45) is -1.02. The van der Waals surface area contributed by atoms with Gasteiger partial charge in [-0.3, -0.25) is 0 Å². The molecule has 1 aliphatic heterocycles. The highest BCUT2D eigenvalue weighted by Crippen LogP contribution is 2.38. The van der Waals surface area contributed by atoms with Gasteiger partial charge in [0.05, 0.1) is 18.6 Å². The highest BCUT2D eigenvalue weighted by molar-refractivity contribution is 6.74. The van der Waals surface area contributed by atoms with Crippen molar-refractivity contribution in [2.45, 2.75) is 97.3 Å². The van der Waals surface area contributed by atoms with Gasteiger partial charge in [-0.2, -0.15) is 23.4 Å². The average Bonchev–Trinajstić information content (AvgIpc) is 2.91. The molecule has 1 saturated heterocycles. The van der Waals surface area contributed by atoms with Gasteiger partial charge in [0.15, 0.2) is 8.32 Å². The molecule has 8 nitrogen and oxygen atoms in total. The summed E-state index contributed by atoms with van der Waals surface area (Å²) >= 11 is 6.85. The number of nitriles is 1. The lowest BCUT2D eigenvalue weighted by molar-refractivity contribution is -0.137. The monoisotopic (exact) mass is 651 g/mol. The van der Waals surface area contributed by atoms with Gasteiger partial charge in [0.25, 0.3) is 0 Å². The molecule has 2 aliphatic rings. The van der Waals surface area contributed by atoms with Gasteiger partial charge in [-0.05, 0) is 48.7 Å². The van der Waals surface area contributed by atoms with E-state index in [2.05, 4.69) is 74.4 Å². The number of halogens is 4. The molecule has 1 aliphatic carbocycles. The molecule has 0 bridgehead atoms. The van der Waals surface area contributed by atoms with E-state index in [4.69, 9.17) is 25.3 Å². The van der Waals surface area contributed by atoms with Crippen molar-refractivity contribution >= 4 is 50.0 Å². The van der Waals surface area contributed by atoms with Crippen LogP contribution in [-0.2, 0) is 26.5 Å². The zero-order valence-electron chi connectivity index (χ0n) is 26.5. The summed E-state index contributed by atoms with van der Waals surface area (Å²) in [5.74, 6) is -0.810. The van der Waals surface area contributed by atoms with Crippen LogP contribution < -0.4 is 16.1 Å². The van der Waals surface area contributed by atoms with Crippen molar-refractivity contribution in [3.63, 3.8) is 0 Å². The number of anilines is 3. The number of nitrogens with zero attached hydrogens (tertiary/aromatic N) is 3. The Morgan fingerprint density at radius 1 is 1.16 bits per heavy atom. The van der Waals surface area contributed by atoms with Gasteiger partial charge in [0.2, 0.25) is 5.95 Å². The molecule has 0 amide bonds. The predicted molar refractivity (Wildman–Crippen MR) is 170 cm³/mol. The van der Waals surface area contributed by atoms with Crippen LogP contribution in [0.1, 0.15) is 71.4 Å². The summed E-state index contributed by atoms with van der Waals surface area (Å²) in [6.45, 7) is 16.1. The Labute approximate surface area is 264 Å². The molecule has 240 valence electrons. The lowest BCUT2D eigenvalue weighted by Crippen LogP contribution is -2.49. The second-order valence-electron chi connectivity index (χ2n) is 14.0. The molecule has 0 radical (unpaired) electrons. The molecular weight excluding hydrogens is 610 g/mol. The van der Waals surface area contributed by atoms with E-state index in [9.17, 15) is 18.4 Å². The van der Waals surface area contributed by atoms with Crippen LogP contribution in [0.15, 0.2) is 18.3 Å². The molecule has 14 heteroatoms. The Bertz CT molecular complexity index is 1370. The van der Waals surface area contributed by atoms with Gasteiger partial charge in [-0.1, -0.05) is 59.1 Å². The smallest absolute Gasteiger partial charge is 0.413 e. The van der Waals surface area contributed by atoms with Gasteiger partial charge in [-0.25, -0.2) is 4.98 Å². The zero-order valence-corrected chi connectivity index (χ0v) is 28.2. The van der Waals surface area contributed by atoms with E-state index in [1.165, 1.54) is 0 Å². The third-order valence-electron chi connectivity index (χ3n) is 8.70. The summed E-state index contributed by atoms with van der Waals surface area (Å²) in [4.78, 5) is 8.20. The molecule has 1 saturated carbocycles. The van der Waals surface area contributed by atoms with Crippen LogP contribution in [0.3, 0.4) is 0 Å². The maximum Gasteiger partial charge on any atom is 0.495 e. The summed E-state index contributed by atoms with van der Waals surface area (Å²) < 4.78 is 60.5. The maximum absolute atomic E-state index is 13.9. The van der Waals surface area contributed by atoms with Crippen LogP contribution in [0.25, 0.3) is 0 Å². The second-order valence-corrected chi connectivity index (χ2v) is 19.3. The molecule has 2 heterocycles. The van der Waals surface area contributed by atoms with Crippen LogP contribution in [0.4, 0.5) is 30.6 Å². The van der Waals surface area contributed by atoms with Crippen LogP contribution in [0.5, 0.6) is 0 Å². The third kappa shape index (κ3) is 8.26. The topological polar surface area (TPSA) is 101 Å². The molecule has 2 atom stereocenters. The van der Waals surface area contributed by atoms with Gasteiger partial charge in [0.1, 0.15) is 11.4 Å². The fourth-order valence-electron chi connectivity index (χ4n) is 4.99. The fraction of sp³-hybridized carbons (Fsp3) is 0.633. The van der Waals surface area contributed by atoms with E-state index >= 15 is 0 Å². The Hall–Kier alpha value is -2.37. The minimum Gasteiger partial charge on any atom is -0.413 e. The van der Waals surface area contributed by atoms with E-state index in [-0.39, 0.29) is 28.8 Å². The fourth-order valence-corrected chi connectivity index (χ4v) is 6.26. The first-order valence-electron chi connectivity index (χ1n) is 15.0. The van der Waals surface area contributed by atoms with E-state index in [0.29, 0.717) is 42.2 Å². The van der Waals surface area contributed by atoms with Gasteiger partial charge in [-0.15, -0.1) is 0 Å². The average molecular weight is 652 g/mol. The molecule has 0 unspecified atom stereocenters. The molecule has 0 spiro atoms. The van der Waals surface area contributed by atoms with E-state index < -0.39 is 39.1 Å². The summed E-state index contributed by atoms with van der Waals surface area (Å²) in [5, 5.41) is 15.8. The normalized spacial score (nSPS) is 21.1. The van der Waals surface area contributed by atoms with Gasteiger partial charge >= 0.3 is 13.3 Å². The molecule has 1 aromatic carbocycles. The van der Waals surface area contributed by atoms with Crippen LogP contribution in [-0.4, -0.2) is 44.7 Å². The van der Waals surface area contributed by atoms with Crippen molar-refractivity contribution < 1.29 is 26.9 Å². The van der Waals surface area contributed by atoms with E-state index in [1.807, 2.05) is 6.07 Å². The van der Waals surface area contributed by atoms with Crippen LogP contribution in [0, 0.1) is 22.7 Å². The van der Waals surface area contributed by atoms with E-state index in [1.54, 1.807) is 6.07 Å². The molecule has 4 rings (SSSR count). The van der Waals surface area contributed by atoms with Crippen molar-refractivity contribution in [2.75, 3.05) is 23.8 Å². The summed E-state index contributed by atoms with van der Waals surface area (Å²) in [7, 11) is -2.85. The molecule has 1 aromatic heterocycles. The largest absolute Gasteiger partial charge is 0.495 e. The molecule has 2 N–H and O–H groups in total. The Kier molecular flexibility index (Phi) is 10.3.